The summed E-state index contributed by atoms with van der Waals surface area (Å²) in [5.41, 5.74) is 0.931. The van der Waals surface area contributed by atoms with E-state index in [2.05, 4.69) is 34.8 Å². The van der Waals surface area contributed by atoms with Crippen LogP contribution in [0.5, 0.6) is 17.4 Å². The van der Waals surface area contributed by atoms with Gasteiger partial charge < -0.3 is 18.9 Å². The summed E-state index contributed by atoms with van der Waals surface area (Å²) < 4.78 is 68.1. The van der Waals surface area contributed by atoms with Gasteiger partial charge in [-0.2, -0.15) is 5.26 Å². The minimum Gasteiger partial charge on any atom is -0.494 e. The van der Waals surface area contributed by atoms with Crippen LogP contribution in [0.15, 0.2) is 54.6 Å². The summed E-state index contributed by atoms with van der Waals surface area (Å²) in [4.78, 5) is 4.54. The molecule has 0 saturated carbocycles. The van der Waals surface area contributed by atoms with Crippen LogP contribution in [-0.2, 0) is 14.8 Å². The Bertz CT molecular complexity index is 1820. The maximum atomic E-state index is 14.5. The average Bonchev–Trinajstić information content (AvgIpc) is 3.46. The second kappa shape index (κ2) is 14.3. The molecule has 0 saturated heterocycles. The maximum Gasteiger partial charge on any atom is 0.246 e. The maximum absolute atomic E-state index is 14.5. The van der Waals surface area contributed by atoms with Crippen molar-refractivity contribution in [1.29, 1.82) is 5.26 Å². The molecule has 0 unspecified atom stereocenters. The van der Waals surface area contributed by atoms with Gasteiger partial charge in [0.15, 0.2) is 5.82 Å². The van der Waals surface area contributed by atoms with Gasteiger partial charge in [-0.15, -0.1) is 10.2 Å². The van der Waals surface area contributed by atoms with E-state index in [4.69, 9.17) is 18.9 Å². The number of nitrogens with zero attached hydrogens (tertiary/aromatic N) is 6. The van der Waals surface area contributed by atoms with Gasteiger partial charge in [0, 0.05) is 27.8 Å². The smallest absolute Gasteiger partial charge is 0.246 e. The highest BCUT2D eigenvalue weighted by atomic mass is 32.2. The van der Waals surface area contributed by atoms with E-state index >= 15 is 0 Å². The van der Waals surface area contributed by atoms with Gasteiger partial charge in [0.2, 0.25) is 21.9 Å². The summed E-state index contributed by atoms with van der Waals surface area (Å²) in [5, 5.41) is 18.5. The van der Waals surface area contributed by atoms with Crippen LogP contribution in [0.4, 0.5) is 10.3 Å². The number of anilines is 1. The molecule has 0 amide bonds. The van der Waals surface area contributed by atoms with Crippen LogP contribution in [-0.4, -0.2) is 77.0 Å². The molecule has 244 valence electrons. The average molecular weight is 669 g/mol. The van der Waals surface area contributed by atoms with Crippen LogP contribution in [0, 0.1) is 17.1 Å². The topological polar surface area (TPSA) is 142 Å². The van der Waals surface area contributed by atoms with Gasteiger partial charge in [-0.3, -0.25) is 4.57 Å². The van der Waals surface area contributed by atoms with Gasteiger partial charge in [0.25, 0.3) is 0 Å². The number of nitriles is 1. The third kappa shape index (κ3) is 7.47. The number of hydrogen-bond donors (Lipinski definition) is 0. The van der Waals surface area contributed by atoms with Crippen LogP contribution < -0.4 is 18.5 Å². The van der Waals surface area contributed by atoms with E-state index in [0.29, 0.717) is 34.8 Å². The zero-order valence-corrected chi connectivity index (χ0v) is 28.6. The van der Waals surface area contributed by atoms with Crippen LogP contribution in [0.25, 0.3) is 17.2 Å². The number of rotatable bonds is 14. The predicted molar refractivity (Wildman–Crippen MR) is 174 cm³/mol. The Hall–Kier alpha value is -4.52. The Labute approximate surface area is 269 Å². The molecule has 0 fully saturated rings. The molecule has 2 heterocycles. The first kappa shape index (κ1) is 34.4. The van der Waals surface area contributed by atoms with Gasteiger partial charge in [-0.1, -0.05) is 37.8 Å². The number of ether oxygens (including phenoxy) is 4. The Morgan fingerprint density at radius 1 is 0.978 bits per heavy atom. The van der Waals surface area contributed by atoms with Crippen LogP contribution in [0.1, 0.15) is 17.2 Å². The highest BCUT2D eigenvalue weighted by Crippen LogP contribution is 2.39. The Kier molecular flexibility index (Phi) is 10.7. The van der Waals surface area contributed by atoms with Gasteiger partial charge >= 0.3 is 0 Å². The second-order valence-corrected chi connectivity index (χ2v) is 19.0. The zero-order chi connectivity index (χ0) is 33.6. The number of sulfonamides is 1. The van der Waals surface area contributed by atoms with E-state index in [0.717, 1.165) is 12.1 Å². The SMILES string of the molecule is COc1cccc(-c2nnc(N(CC[Si](C)(C)C)S(=O)(=O)C[C@H](OC)c3ccc(F)cc3C#N)n2-c2c(OC)cccc2OC)n1. The first-order valence-electron chi connectivity index (χ1n) is 14.3. The molecule has 46 heavy (non-hydrogen) atoms. The van der Waals surface area contributed by atoms with Gasteiger partial charge in [0.1, 0.15) is 28.7 Å². The zero-order valence-electron chi connectivity index (χ0n) is 26.8. The molecule has 0 bridgehead atoms. The van der Waals surface area contributed by atoms with Crippen molar-refractivity contribution < 1.29 is 31.8 Å². The van der Waals surface area contributed by atoms with Gasteiger partial charge in [-0.25, -0.2) is 22.1 Å². The minimum atomic E-state index is -4.27. The molecule has 0 aliphatic carbocycles. The molecule has 2 aromatic heterocycles. The predicted octanol–water partition coefficient (Wildman–Crippen LogP) is 5.23. The van der Waals surface area contributed by atoms with Gasteiger partial charge in [-0.05, 0) is 41.9 Å². The summed E-state index contributed by atoms with van der Waals surface area (Å²) in [5.74, 6) is 0.0389. The Morgan fingerprint density at radius 3 is 2.24 bits per heavy atom. The molecule has 2 aromatic carbocycles. The first-order chi connectivity index (χ1) is 21.9. The summed E-state index contributed by atoms with van der Waals surface area (Å²) in [6.45, 7) is 6.47. The van der Waals surface area contributed by atoms with E-state index in [1.807, 2.05) is 6.07 Å². The fraction of sp³-hybridized carbons (Fsp3) is 0.355. The van der Waals surface area contributed by atoms with E-state index < -0.39 is 35.8 Å². The van der Waals surface area contributed by atoms with Crippen molar-refractivity contribution in [3.63, 3.8) is 0 Å². The van der Waals surface area contributed by atoms with Crippen molar-refractivity contribution in [3.8, 4) is 40.7 Å². The summed E-state index contributed by atoms with van der Waals surface area (Å²) in [7, 11) is -0.284. The highest BCUT2D eigenvalue weighted by Gasteiger charge is 2.35. The summed E-state index contributed by atoms with van der Waals surface area (Å²) in [6.07, 6.45) is -1.09. The lowest BCUT2D eigenvalue weighted by molar-refractivity contribution is 0.121. The molecule has 15 heteroatoms. The lowest BCUT2D eigenvalue weighted by Crippen LogP contribution is -2.40. The quantitative estimate of drug-likeness (QED) is 0.164. The first-order valence-corrected chi connectivity index (χ1v) is 19.6. The van der Waals surface area contributed by atoms with E-state index in [1.165, 1.54) is 38.8 Å². The van der Waals surface area contributed by atoms with Crippen LogP contribution in [0.2, 0.25) is 25.7 Å². The normalized spacial score (nSPS) is 12.3. The van der Waals surface area contributed by atoms with Gasteiger partial charge in [0.05, 0.1) is 44.8 Å². The monoisotopic (exact) mass is 668 g/mol. The number of aromatic nitrogens is 4. The van der Waals surface area contributed by atoms with Crippen molar-refractivity contribution in [2.45, 2.75) is 31.8 Å². The standard InChI is InChI=1S/C31H37FN6O6SSi/c1-41-25-11-9-12-26(42-2)29(25)38-30(24-10-8-13-28(34-24)44-4)35-36-31(38)37(16-17-46(5,6)7)45(39,40)20-27(43-3)23-15-14-22(32)18-21(23)19-33/h8-15,18,27H,16-17,20H2,1-7H3/t27-/m0/s1. The number of pyridine rings is 1. The third-order valence-electron chi connectivity index (χ3n) is 7.19. The third-order valence-corrected chi connectivity index (χ3v) is 10.7. The molecule has 0 aliphatic heterocycles. The second-order valence-electron chi connectivity index (χ2n) is 11.5. The molecule has 12 nitrogen and oxygen atoms in total. The number of benzene rings is 2. The fourth-order valence-corrected chi connectivity index (χ4v) is 7.46. The Morgan fingerprint density at radius 2 is 1.65 bits per heavy atom. The van der Waals surface area contributed by atoms with E-state index in [1.54, 1.807) is 41.0 Å². The molecular formula is C31H37FN6O6SSi. The van der Waals surface area contributed by atoms with Crippen molar-refractivity contribution in [1.82, 2.24) is 19.7 Å². The van der Waals surface area contributed by atoms with Crippen LogP contribution in [0.3, 0.4) is 0 Å². The Balaban J connectivity index is 1.98. The van der Waals surface area contributed by atoms with Crippen molar-refractivity contribution in [3.05, 3.63) is 71.5 Å². The molecule has 0 N–H and O–H groups in total. The minimum absolute atomic E-state index is 0.0241. The fourth-order valence-electron chi connectivity index (χ4n) is 4.79. The summed E-state index contributed by atoms with van der Waals surface area (Å²) >= 11 is 0. The number of halogens is 1. The van der Waals surface area contributed by atoms with Crippen molar-refractivity contribution in [2.75, 3.05) is 45.0 Å². The van der Waals surface area contributed by atoms with Crippen LogP contribution >= 0.6 is 0 Å². The largest absolute Gasteiger partial charge is 0.494 e. The molecule has 4 rings (SSSR count). The number of methoxy groups -OCH3 is 4. The molecule has 0 spiro atoms. The van der Waals surface area contributed by atoms with E-state index in [9.17, 15) is 18.1 Å². The van der Waals surface area contributed by atoms with Crippen molar-refractivity contribution in [2.24, 2.45) is 0 Å². The summed E-state index contributed by atoms with van der Waals surface area (Å²) in [6, 6.07) is 16.4. The number of para-hydroxylation sites is 1. The molecule has 0 aliphatic rings. The molecule has 4 aromatic rings. The lowest BCUT2D eigenvalue weighted by atomic mass is 10.0. The molecule has 0 radical (unpaired) electrons. The number of hydrogen-bond acceptors (Lipinski definition) is 10. The molecular weight excluding hydrogens is 632 g/mol. The van der Waals surface area contributed by atoms with E-state index in [-0.39, 0.29) is 29.4 Å². The van der Waals surface area contributed by atoms with Crippen molar-refractivity contribution >= 4 is 24.0 Å². The molecule has 1 atom stereocenters. The lowest BCUT2D eigenvalue weighted by Gasteiger charge is -2.29. The highest BCUT2D eigenvalue weighted by molar-refractivity contribution is 7.92.